The summed E-state index contributed by atoms with van der Waals surface area (Å²) in [6.07, 6.45) is 3.17. The van der Waals surface area contributed by atoms with Crippen LogP contribution in [0, 0.1) is 5.92 Å². The van der Waals surface area contributed by atoms with Crippen LogP contribution in [0.15, 0.2) is 24.8 Å². The summed E-state index contributed by atoms with van der Waals surface area (Å²) >= 11 is 7.41. The minimum atomic E-state index is 0.127. The Labute approximate surface area is 124 Å². The van der Waals surface area contributed by atoms with Crippen LogP contribution < -0.4 is 5.73 Å². The van der Waals surface area contributed by atoms with E-state index in [2.05, 4.69) is 13.5 Å². The quantitative estimate of drug-likeness (QED) is 0.749. The number of nitrogens with zero attached hydrogens (tertiary/aromatic N) is 1. The molecule has 1 atom stereocenters. The first kappa shape index (κ1) is 16.2. The Morgan fingerprint density at radius 3 is 2.84 bits per heavy atom. The zero-order valence-electron chi connectivity index (χ0n) is 11.3. The first-order valence-electron chi connectivity index (χ1n) is 6.43. The van der Waals surface area contributed by atoms with Gasteiger partial charge in [-0.3, -0.25) is 4.79 Å². The number of halogens is 1. The molecule has 1 aromatic heterocycles. The van der Waals surface area contributed by atoms with E-state index < -0.39 is 0 Å². The van der Waals surface area contributed by atoms with Gasteiger partial charge in [-0.05, 0) is 24.6 Å². The third-order valence-corrected chi connectivity index (χ3v) is 4.27. The Bertz CT molecular complexity index is 415. The third-order valence-electron chi connectivity index (χ3n) is 3.05. The number of nitrogens with two attached hydrogens (primary N) is 1. The number of carbonyl (C=O) groups is 1. The van der Waals surface area contributed by atoms with Crippen LogP contribution in [0.2, 0.25) is 4.34 Å². The Balaban J connectivity index is 2.65. The van der Waals surface area contributed by atoms with Crippen molar-refractivity contribution in [2.75, 3.05) is 13.1 Å². The summed E-state index contributed by atoms with van der Waals surface area (Å²) in [5.74, 6) is 0.383. The molecular weight excluding hydrogens is 280 g/mol. The van der Waals surface area contributed by atoms with Crippen molar-refractivity contribution >= 4 is 28.8 Å². The molecule has 2 N–H and O–H groups in total. The lowest BCUT2D eigenvalue weighted by atomic mass is 10.0. The molecule has 0 spiro atoms. The second-order valence-electron chi connectivity index (χ2n) is 4.48. The smallest absolute Gasteiger partial charge is 0.223 e. The fourth-order valence-corrected chi connectivity index (χ4v) is 2.91. The summed E-state index contributed by atoms with van der Waals surface area (Å²) in [6, 6.07) is 3.81. The van der Waals surface area contributed by atoms with Gasteiger partial charge in [0, 0.05) is 17.8 Å². The van der Waals surface area contributed by atoms with E-state index in [0.717, 1.165) is 15.6 Å². The van der Waals surface area contributed by atoms with Crippen LogP contribution in [0.25, 0.3) is 0 Å². The minimum Gasteiger partial charge on any atom is -0.334 e. The molecule has 1 rings (SSSR count). The van der Waals surface area contributed by atoms with E-state index in [1.807, 2.05) is 12.1 Å². The van der Waals surface area contributed by atoms with Crippen LogP contribution in [-0.2, 0) is 11.3 Å². The van der Waals surface area contributed by atoms with Gasteiger partial charge in [0.2, 0.25) is 5.91 Å². The van der Waals surface area contributed by atoms with Gasteiger partial charge in [0.25, 0.3) is 0 Å². The Kier molecular flexibility index (Phi) is 7.13. The predicted molar refractivity (Wildman–Crippen MR) is 82.4 cm³/mol. The average molecular weight is 301 g/mol. The Morgan fingerprint density at radius 2 is 2.37 bits per heavy atom. The molecule has 1 heterocycles. The van der Waals surface area contributed by atoms with Gasteiger partial charge < -0.3 is 10.6 Å². The maximum absolute atomic E-state index is 12.3. The zero-order chi connectivity index (χ0) is 14.3. The first-order chi connectivity index (χ1) is 9.10. The summed E-state index contributed by atoms with van der Waals surface area (Å²) in [6.45, 7) is 7.45. The number of thiophene rings is 1. The van der Waals surface area contributed by atoms with E-state index in [1.54, 1.807) is 11.0 Å². The van der Waals surface area contributed by atoms with E-state index >= 15 is 0 Å². The van der Waals surface area contributed by atoms with Gasteiger partial charge in [-0.1, -0.05) is 31.0 Å². The van der Waals surface area contributed by atoms with E-state index in [4.69, 9.17) is 17.3 Å². The van der Waals surface area contributed by atoms with Crippen LogP contribution in [-0.4, -0.2) is 23.9 Å². The van der Waals surface area contributed by atoms with Gasteiger partial charge >= 0.3 is 0 Å². The molecule has 0 saturated carbocycles. The molecule has 0 aliphatic rings. The summed E-state index contributed by atoms with van der Waals surface area (Å²) in [5, 5.41) is 0. The van der Waals surface area contributed by atoms with Gasteiger partial charge in [0.05, 0.1) is 10.9 Å². The maximum Gasteiger partial charge on any atom is 0.223 e. The van der Waals surface area contributed by atoms with E-state index in [1.165, 1.54) is 11.3 Å². The molecule has 0 aliphatic carbocycles. The molecule has 0 radical (unpaired) electrons. The summed E-state index contributed by atoms with van der Waals surface area (Å²) < 4.78 is 0.745. The van der Waals surface area contributed by atoms with Crippen molar-refractivity contribution in [2.45, 2.75) is 26.3 Å². The molecule has 5 heteroatoms. The van der Waals surface area contributed by atoms with E-state index in [9.17, 15) is 4.79 Å². The highest BCUT2D eigenvalue weighted by molar-refractivity contribution is 7.16. The third kappa shape index (κ3) is 5.35. The maximum atomic E-state index is 12.3. The highest BCUT2D eigenvalue weighted by Crippen LogP contribution is 2.23. The monoisotopic (exact) mass is 300 g/mol. The van der Waals surface area contributed by atoms with Crippen LogP contribution in [0.4, 0.5) is 0 Å². The predicted octanol–water partition coefficient (Wildman–Crippen LogP) is 3.29. The van der Waals surface area contributed by atoms with Crippen LogP contribution in [0.1, 0.15) is 24.6 Å². The average Bonchev–Trinajstić information content (AvgIpc) is 2.80. The standard InChI is InChI=1S/C14H21ClN2OS/c1-3-7-17(10-12-5-6-13(15)19-12)14(18)8-11(4-2)9-16/h3,5-6,11H,1,4,7-10,16H2,2H3. The SMILES string of the molecule is C=CCN(Cc1ccc(Cl)s1)C(=O)CC(CC)CN. The van der Waals surface area contributed by atoms with Crippen LogP contribution in [0.3, 0.4) is 0 Å². The fourth-order valence-electron chi connectivity index (χ4n) is 1.81. The molecule has 106 valence electrons. The molecule has 1 aromatic rings. The van der Waals surface area contributed by atoms with E-state index in [-0.39, 0.29) is 11.8 Å². The number of carbonyl (C=O) groups excluding carboxylic acids is 1. The number of rotatable bonds is 8. The number of hydrogen-bond acceptors (Lipinski definition) is 3. The van der Waals surface area contributed by atoms with Crippen molar-refractivity contribution < 1.29 is 4.79 Å². The number of amides is 1. The highest BCUT2D eigenvalue weighted by Gasteiger charge is 2.17. The van der Waals surface area contributed by atoms with Gasteiger partial charge in [0.1, 0.15) is 0 Å². The van der Waals surface area contributed by atoms with Gasteiger partial charge in [0.15, 0.2) is 0 Å². The molecule has 0 aromatic carbocycles. The number of hydrogen-bond donors (Lipinski definition) is 1. The summed E-state index contributed by atoms with van der Waals surface area (Å²) in [5.41, 5.74) is 5.66. The van der Waals surface area contributed by atoms with Crippen molar-refractivity contribution in [1.29, 1.82) is 0 Å². The Hall–Kier alpha value is -0.840. The Morgan fingerprint density at radius 1 is 1.63 bits per heavy atom. The molecule has 0 bridgehead atoms. The van der Waals surface area contributed by atoms with Crippen molar-refractivity contribution in [2.24, 2.45) is 11.7 Å². The summed E-state index contributed by atoms with van der Waals surface area (Å²) in [4.78, 5) is 15.2. The van der Waals surface area contributed by atoms with Gasteiger partial charge in [-0.15, -0.1) is 17.9 Å². The summed E-state index contributed by atoms with van der Waals surface area (Å²) in [7, 11) is 0. The van der Waals surface area contributed by atoms with Gasteiger partial charge in [-0.2, -0.15) is 0 Å². The zero-order valence-corrected chi connectivity index (χ0v) is 12.8. The van der Waals surface area contributed by atoms with Gasteiger partial charge in [-0.25, -0.2) is 0 Å². The minimum absolute atomic E-state index is 0.127. The lowest BCUT2D eigenvalue weighted by molar-refractivity contribution is -0.132. The first-order valence-corrected chi connectivity index (χ1v) is 7.63. The molecule has 0 saturated heterocycles. The van der Waals surface area contributed by atoms with Crippen molar-refractivity contribution in [1.82, 2.24) is 4.90 Å². The normalized spacial score (nSPS) is 12.2. The van der Waals surface area contributed by atoms with E-state index in [0.29, 0.717) is 26.1 Å². The molecule has 1 amide bonds. The largest absolute Gasteiger partial charge is 0.334 e. The highest BCUT2D eigenvalue weighted by atomic mass is 35.5. The lowest BCUT2D eigenvalue weighted by Crippen LogP contribution is -2.33. The fraction of sp³-hybridized carbons (Fsp3) is 0.500. The van der Waals surface area contributed by atoms with Crippen LogP contribution in [0.5, 0.6) is 0 Å². The molecule has 0 fully saturated rings. The second-order valence-corrected chi connectivity index (χ2v) is 6.28. The topological polar surface area (TPSA) is 46.3 Å². The lowest BCUT2D eigenvalue weighted by Gasteiger charge is -2.22. The molecular formula is C14H21ClN2OS. The van der Waals surface area contributed by atoms with Crippen molar-refractivity contribution in [3.8, 4) is 0 Å². The molecule has 0 aliphatic heterocycles. The molecule has 19 heavy (non-hydrogen) atoms. The molecule has 3 nitrogen and oxygen atoms in total. The van der Waals surface area contributed by atoms with Crippen molar-refractivity contribution in [3.63, 3.8) is 0 Å². The second kappa shape index (κ2) is 8.35. The molecule has 1 unspecified atom stereocenters. The van der Waals surface area contributed by atoms with Crippen molar-refractivity contribution in [3.05, 3.63) is 34.0 Å². The van der Waals surface area contributed by atoms with Crippen LogP contribution >= 0.6 is 22.9 Å².